The molecule has 1 aliphatic rings. The van der Waals surface area contributed by atoms with Crippen molar-refractivity contribution in [1.82, 2.24) is 0 Å². The summed E-state index contributed by atoms with van der Waals surface area (Å²) in [7, 11) is 1.36. The number of aryl methyl sites for hydroxylation is 1. The lowest BCUT2D eigenvalue weighted by Gasteiger charge is -2.16. The van der Waals surface area contributed by atoms with Crippen molar-refractivity contribution < 1.29 is 14.3 Å². The largest absolute Gasteiger partial charge is 0.469 e. The van der Waals surface area contributed by atoms with Crippen molar-refractivity contribution in [2.75, 3.05) is 18.6 Å². The van der Waals surface area contributed by atoms with E-state index in [0.717, 1.165) is 12.1 Å². The molecule has 1 aliphatic heterocycles. The third-order valence-corrected chi connectivity index (χ3v) is 3.73. The van der Waals surface area contributed by atoms with Crippen LogP contribution in [0.3, 0.4) is 0 Å². The summed E-state index contributed by atoms with van der Waals surface area (Å²) in [6.07, 6.45) is 3.65. The number of rotatable bonds is 5. The summed E-state index contributed by atoms with van der Waals surface area (Å²) in [5.41, 5.74) is 2.15. The van der Waals surface area contributed by atoms with Gasteiger partial charge in [0.25, 0.3) is 0 Å². The third-order valence-electron chi connectivity index (χ3n) is 3.73. The van der Waals surface area contributed by atoms with E-state index in [-0.39, 0.29) is 24.2 Å². The number of amides is 1. The summed E-state index contributed by atoms with van der Waals surface area (Å²) in [5.74, 6) is -0.658. The minimum Gasteiger partial charge on any atom is -0.469 e. The van der Waals surface area contributed by atoms with Gasteiger partial charge < -0.3 is 9.64 Å². The topological polar surface area (TPSA) is 46.6 Å². The molecule has 1 saturated heterocycles. The zero-order valence-corrected chi connectivity index (χ0v) is 12.1. The van der Waals surface area contributed by atoms with Crippen LogP contribution in [0.5, 0.6) is 0 Å². The van der Waals surface area contributed by atoms with Gasteiger partial charge in [-0.15, -0.1) is 0 Å². The van der Waals surface area contributed by atoms with Gasteiger partial charge in [0.05, 0.1) is 13.0 Å². The molecular formula is C16H21NO3. The van der Waals surface area contributed by atoms with Crippen LogP contribution in [0.4, 0.5) is 5.69 Å². The maximum atomic E-state index is 12.0. The number of carbonyl (C=O) groups excluding carboxylic acids is 2. The van der Waals surface area contributed by atoms with Crippen molar-refractivity contribution in [3.63, 3.8) is 0 Å². The molecule has 108 valence electrons. The zero-order chi connectivity index (χ0) is 14.5. The molecule has 2 rings (SSSR count). The Labute approximate surface area is 119 Å². The Hall–Kier alpha value is -1.84. The summed E-state index contributed by atoms with van der Waals surface area (Å²) < 4.78 is 4.71. The number of methoxy groups -OCH3 is 1. The van der Waals surface area contributed by atoms with Gasteiger partial charge in [-0.2, -0.15) is 0 Å². The first kappa shape index (κ1) is 14.6. The number of anilines is 1. The van der Waals surface area contributed by atoms with Gasteiger partial charge in [-0.1, -0.05) is 25.5 Å². The summed E-state index contributed by atoms with van der Waals surface area (Å²) in [6.45, 7) is 2.59. The van der Waals surface area contributed by atoms with Crippen LogP contribution < -0.4 is 4.90 Å². The molecule has 1 aromatic rings. The lowest BCUT2D eigenvalue weighted by Crippen LogP contribution is -2.26. The molecule has 1 fully saturated rings. The molecule has 4 heteroatoms. The van der Waals surface area contributed by atoms with Crippen molar-refractivity contribution in [3.05, 3.63) is 29.8 Å². The number of hydrogen-bond donors (Lipinski definition) is 0. The summed E-state index contributed by atoms with van der Waals surface area (Å²) in [5, 5.41) is 0. The molecule has 1 amide bonds. The predicted molar refractivity (Wildman–Crippen MR) is 77.5 cm³/mol. The molecule has 1 unspecified atom stereocenters. The van der Waals surface area contributed by atoms with E-state index in [2.05, 4.69) is 19.1 Å². The smallest absolute Gasteiger partial charge is 0.311 e. The molecule has 0 spiro atoms. The molecular weight excluding hydrogens is 254 g/mol. The van der Waals surface area contributed by atoms with Gasteiger partial charge in [-0.25, -0.2) is 0 Å². The molecule has 0 saturated carbocycles. The van der Waals surface area contributed by atoms with Gasteiger partial charge in [-0.3, -0.25) is 9.59 Å². The lowest BCUT2D eigenvalue weighted by molar-refractivity contribution is -0.145. The molecule has 0 radical (unpaired) electrons. The van der Waals surface area contributed by atoms with Crippen LogP contribution in [0.25, 0.3) is 0 Å². The minimum atomic E-state index is -0.340. The second kappa shape index (κ2) is 6.55. The highest BCUT2D eigenvalue weighted by molar-refractivity contribution is 5.99. The quantitative estimate of drug-likeness (QED) is 0.776. The summed E-state index contributed by atoms with van der Waals surface area (Å²) in [6, 6.07) is 8.04. The molecule has 0 aliphatic carbocycles. The monoisotopic (exact) mass is 275 g/mol. The fourth-order valence-electron chi connectivity index (χ4n) is 2.51. The Morgan fingerprint density at radius 3 is 2.65 bits per heavy atom. The predicted octanol–water partition coefficient (Wildman–Crippen LogP) is 2.56. The van der Waals surface area contributed by atoms with E-state index in [9.17, 15) is 9.59 Å². The molecule has 1 aromatic carbocycles. The van der Waals surface area contributed by atoms with Gasteiger partial charge in [-0.05, 0) is 30.5 Å². The number of ether oxygens (including phenoxy) is 1. The average Bonchev–Trinajstić information content (AvgIpc) is 2.87. The molecule has 1 heterocycles. The van der Waals surface area contributed by atoms with Crippen molar-refractivity contribution in [1.29, 1.82) is 0 Å². The Morgan fingerprint density at radius 2 is 2.05 bits per heavy atom. The van der Waals surface area contributed by atoms with Crippen LogP contribution in [0.1, 0.15) is 31.7 Å². The average molecular weight is 275 g/mol. The van der Waals surface area contributed by atoms with Crippen molar-refractivity contribution in [2.24, 2.45) is 5.92 Å². The number of hydrogen-bond acceptors (Lipinski definition) is 3. The molecule has 0 bridgehead atoms. The van der Waals surface area contributed by atoms with E-state index in [4.69, 9.17) is 4.74 Å². The van der Waals surface area contributed by atoms with E-state index < -0.39 is 0 Å². The Bertz CT molecular complexity index is 481. The first-order valence-electron chi connectivity index (χ1n) is 7.12. The Balaban J connectivity index is 2.04. The van der Waals surface area contributed by atoms with Crippen molar-refractivity contribution >= 4 is 17.6 Å². The van der Waals surface area contributed by atoms with Crippen LogP contribution in [0.2, 0.25) is 0 Å². The number of unbranched alkanes of at least 4 members (excludes halogenated alkanes) is 1. The number of esters is 1. The van der Waals surface area contributed by atoms with E-state index in [0.29, 0.717) is 6.54 Å². The van der Waals surface area contributed by atoms with Gasteiger partial charge in [0, 0.05) is 18.7 Å². The number of nitrogens with zero attached hydrogens (tertiary/aromatic N) is 1. The Morgan fingerprint density at radius 1 is 1.35 bits per heavy atom. The van der Waals surface area contributed by atoms with Crippen molar-refractivity contribution in [2.45, 2.75) is 32.6 Å². The molecule has 20 heavy (non-hydrogen) atoms. The minimum absolute atomic E-state index is 0.0123. The van der Waals surface area contributed by atoms with E-state index in [1.54, 1.807) is 4.90 Å². The van der Waals surface area contributed by atoms with Gasteiger partial charge in [0.2, 0.25) is 5.91 Å². The summed E-state index contributed by atoms with van der Waals surface area (Å²) >= 11 is 0. The fourth-order valence-corrected chi connectivity index (χ4v) is 2.51. The molecule has 0 aromatic heterocycles. The standard InChI is InChI=1S/C16H21NO3/c1-3-4-5-12-6-8-14(9-7-12)17-11-13(10-15(17)18)16(19)20-2/h6-9,13H,3-5,10-11H2,1-2H3. The van der Waals surface area contributed by atoms with Crippen LogP contribution in [0, 0.1) is 5.92 Å². The summed E-state index contributed by atoms with van der Waals surface area (Å²) in [4.78, 5) is 25.2. The maximum Gasteiger partial charge on any atom is 0.311 e. The maximum absolute atomic E-state index is 12.0. The number of carbonyl (C=O) groups is 2. The van der Waals surface area contributed by atoms with Crippen molar-refractivity contribution in [3.8, 4) is 0 Å². The van der Waals surface area contributed by atoms with Gasteiger partial charge >= 0.3 is 5.97 Å². The SMILES string of the molecule is CCCCc1ccc(N2CC(C(=O)OC)CC2=O)cc1. The second-order valence-corrected chi connectivity index (χ2v) is 5.20. The normalized spacial score (nSPS) is 18.4. The van der Waals surface area contributed by atoms with E-state index in [1.807, 2.05) is 12.1 Å². The highest BCUT2D eigenvalue weighted by Crippen LogP contribution is 2.26. The first-order valence-corrected chi connectivity index (χ1v) is 7.12. The lowest BCUT2D eigenvalue weighted by atomic mass is 10.1. The highest BCUT2D eigenvalue weighted by Gasteiger charge is 2.35. The highest BCUT2D eigenvalue weighted by atomic mass is 16.5. The second-order valence-electron chi connectivity index (χ2n) is 5.20. The fraction of sp³-hybridized carbons (Fsp3) is 0.500. The van der Waals surface area contributed by atoms with Crippen LogP contribution in [-0.2, 0) is 20.7 Å². The molecule has 4 nitrogen and oxygen atoms in total. The van der Waals surface area contributed by atoms with E-state index >= 15 is 0 Å². The van der Waals surface area contributed by atoms with Crippen LogP contribution in [0.15, 0.2) is 24.3 Å². The third kappa shape index (κ3) is 3.18. The molecule has 0 N–H and O–H groups in total. The number of benzene rings is 1. The molecule has 1 atom stereocenters. The first-order chi connectivity index (χ1) is 9.65. The van der Waals surface area contributed by atoms with Gasteiger partial charge in [0.1, 0.15) is 0 Å². The van der Waals surface area contributed by atoms with E-state index in [1.165, 1.54) is 25.5 Å². The van der Waals surface area contributed by atoms with Crippen LogP contribution in [-0.4, -0.2) is 25.5 Å². The van der Waals surface area contributed by atoms with Crippen LogP contribution >= 0.6 is 0 Å². The zero-order valence-electron chi connectivity index (χ0n) is 12.1. The Kier molecular flexibility index (Phi) is 4.77. The van der Waals surface area contributed by atoms with Gasteiger partial charge in [0.15, 0.2) is 0 Å².